The molecule has 6 nitrogen and oxygen atoms in total. The lowest BCUT2D eigenvalue weighted by Gasteiger charge is -2.10. The predicted molar refractivity (Wildman–Crippen MR) is 66.5 cm³/mol. The average molecular weight is 246 g/mol. The number of carbonyl (C=O) groups excluding carboxylic acids is 1. The van der Waals surface area contributed by atoms with Crippen molar-refractivity contribution in [2.24, 2.45) is 0 Å². The van der Waals surface area contributed by atoms with Crippen LogP contribution >= 0.6 is 0 Å². The Morgan fingerprint density at radius 1 is 1.50 bits per heavy atom. The van der Waals surface area contributed by atoms with Gasteiger partial charge in [-0.15, -0.1) is 0 Å². The molecule has 1 N–H and O–H groups in total. The second-order valence-electron chi connectivity index (χ2n) is 3.74. The topological polar surface area (TPSA) is 69.0 Å². The van der Waals surface area contributed by atoms with Crippen molar-refractivity contribution in [2.45, 2.75) is 13.0 Å². The summed E-state index contributed by atoms with van der Waals surface area (Å²) in [6.07, 6.45) is 6.24. The fourth-order valence-corrected chi connectivity index (χ4v) is 1.36. The number of hydrogen-bond donors (Lipinski definition) is 1. The maximum atomic E-state index is 11.6. The fraction of sp³-hybridized carbons (Fsp3) is 0.250. The van der Waals surface area contributed by atoms with Crippen LogP contribution < -0.4 is 5.32 Å². The number of rotatable bonds is 4. The summed E-state index contributed by atoms with van der Waals surface area (Å²) in [4.78, 5) is 19.7. The molecule has 1 atom stereocenters. The predicted octanol–water partition coefficient (Wildman–Crippen LogP) is 1.24. The Morgan fingerprint density at radius 2 is 2.33 bits per heavy atom. The van der Waals surface area contributed by atoms with E-state index in [1.54, 1.807) is 48.5 Å². The highest BCUT2D eigenvalue weighted by molar-refractivity contribution is 5.93. The van der Waals surface area contributed by atoms with Crippen LogP contribution in [0.15, 0.2) is 37.1 Å². The highest BCUT2D eigenvalue weighted by Crippen LogP contribution is 2.10. The number of amides is 1. The highest BCUT2D eigenvalue weighted by Gasteiger charge is 2.11. The van der Waals surface area contributed by atoms with Gasteiger partial charge >= 0.3 is 0 Å². The van der Waals surface area contributed by atoms with E-state index in [1.807, 2.05) is 0 Å². The molecule has 94 valence electrons. The van der Waals surface area contributed by atoms with Crippen molar-refractivity contribution in [2.75, 3.05) is 12.4 Å². The molecule has 1 amide bonds. The molecule has 0 aliphatic rings. The van der Waals surface area contributed by atoms with E-state index in [2.05, 4.69) is 15.3 Å². The third kappa shape index (κ3) is 2.72. The summed E-state index contributed by atoms with van der Waals surface area (Å²) in [5, 5.41) is 2.71. The molecule has 2 rings (SSSR count). The number of carbonyl (C=O) groups is 1. The van der Waals surface area contributed by atoms with Gasteiger partial charge in [-0.25, -0.2) is 9.97 Å². The lowest BCUT2D eigenvalue weighted by Crippen LogP contribution is -2.26. The Hall–Kier alpha value is -2.21. The first-order valence-electron chi connectivity index (χ1n) is 5.49. The molecule has 2 heterocycles. The molecule has 2 aromatic rings. The minimum Gasteiger partial charge on any atom is -0.372 e. The Morgan fingerprint density at radius 3 is 2.89 bits per heavy atom. The van der Waals surface area contributed by atoms with Crippen molar-refractivity contribution in [3.63, 3.8) is 0 Å². The second kappa shape index (κ2) is 5.42. The Kier molecular flexibility index (Phi) is 3.69. The van der Waals surface area contributed by atoms with Gasteiger partial charge in [-0.2, -0.15) is 0 Å². The van der Waals surface area contributed by atoms with E-state index in [0.29, 0.717) is 5.69 Å². The van der Waals surface area contributed by atoms with Crippen LogP contribution in [0.4, 0.5) is 5.69 Å². The van der Waals surface area contributed by atoms with Crippen LogP contribution in [-0.2, 0) is 9.53 Å². The summed E-state index contributed by atoms with van der Waals surface area (Å²) in [5.74, 6) is 0.542. The molecular weight excluding hydrogens is 232 g/mol. The van der Waals surface area contributed by atoms with Gasteiger partial charge in [0.1, 0.15) is 18.2 Å². The van der Waals surface area contributed by atoms with Crippen molar-refractivity contribution in [1.29, 1.82) is 0 Å². The molecule has 1 unspecified atom stereocenters. The number of pyridine rings is 1. The third-order valence-corrected chi connectivity index (χ3v) is 2.51. The number of ether oxygens (including phenoxy) is 1. The zero-order valence-corrected chi connectivity index (χ0v) is 10.2. The minimum atomic E-state index is -0.488. The summed E-state index contributed by atoms with van der Waals surface area (Å²) < 4.78 is 6.70. The quantitative estimate of drug-likeness (QED) is 0.881. The molecule has 0 bridgehead atoms. The van der Waals surface area contributed by atoms with Gasteiger partial charge in [0.25, 0.3) is 5.91 Å². The van der Waals surface area contributed by atoms with Crippen LogP contribution in [0.5, 0.6) is 0 Å². The summed E-state index contributed by atoms with van der Waals surface area (Å²) in [6.45, 7) is 1.68. The van der Waals surface area contributed by atoms with Crippen LogP contribution in [0.2, 0.25) is 0 Å². The number of methoxy groups -OCH3 is 1. The maximum Gasteiger partial charge on any atom is 0.253 e. The molecule has 0 saturated carbocycles. The Balaban J connectivity index is 2.06. The maximum absolute atomic E-state index is 11.6. The molecule has 2 aromatic heterocycles. The van der Waals surface area contributed by atoms with Crippen LogP contribution in [0, 0.1) is 0 Å². The number of nitrogens with one attached hydrogen (secondary N) is 1. The first-order valence-corrected chi connectivity index (χ1v) is 5.49. The van der Waals surface area contributed by atoms with Gasteiger partial charge in [0.05, 0.1) is 11.9 Å². The van der Waals surface area contributed by atoms with Crippen molar-refractivity contribution >= 4 is 11.6 Å². The third-order valence-electron chi connectivity index (χ3n) is 2.51. The van der Waals surface area contributed by atoms with Crippen LogP contribution in [0.1, 0.15) is 6.92 Å². The van der Waals surface area contributed by atoms with E-state index >= 15 is 0 Å². The van der Waals surface area contributed by atoms with Crippen molar-refractivity contribution < 1.29 is 9.53 Å². The molecule has 0 fully saturated rings. The molecule has 0 saturated heterocycles. The molecule has 6 heteroatoms. The van der Waals surface area contributed by atoms with Crippen LogP contribution in [0.3, 0.4) is 0 Å². The lowest BCUT2D eigenvalue weighted by molar-refractivity contribution is -0.124. The molecular formula is C12H14N4O2. The summed E-state index contributed by atoms with van der Waals surface area (Å²) >= 11 is 0. The molecule has 0 aliphatic heterocycles. The summed E-state index contributed by atoms with van der Waals surface area (Å²) in [7, 11) is 1.49. The van der Waals surface area contributed by atoms with E-state index in [0.717, 1.165) is 5.82 Å². The zero-order chi connectivity index (χ0) is 13.0. The van der Waals surface area contributed by atoms with Gasteiger partial charge in [0.2, 0.25) is 0 Å². The number of imidazole rings is 1. The molecule has 0 aromatic carbocycles. The fourth-order valence-electron chi connectivity index (χ4n) is 1.36. The van der Waals surface area contributed by atoms with Gasteiger partial charge in [-0.3, -0.25) is 9.36 Å². The first kappa shape index (κ1) is 12.3. The van der Waals surface area contributed by atoms with Gasteiger partial charge in [-0.1, -0.05) is 0 Å². The Labute approximate surface area is 105 Å². The lowest BCUT2D eigenvalue weighted by atomic mass is 10.3. The van der Waals surface area contributed by atoms with Gasteiger partial charge in [0.15, 0.2) is 0 Å². The first-order chi connectivity index (χ1) is 8.70. The molecule has 0 spiro atoms. The SMILES string of the molecule is COC(C)C(=O)Nc1ccc(-n2ccnc2)nc1. The molecule has 0 radical (unpaired) electrons. The van der Waals surface area contributed by atoms with Gasteiger partial charge in [0, 0.05) is 19.5 Å². The largest absolute Gasteiger partial charge is 0.372 e. The van der Waals surface area contributed by atoms with Crippen molar-refractivity contribution in [1.82, 2.24) is 14.5 Å². The zero-order valence-electron chi connectivity index (χ0n) is 10.2. The number of nitrogens with zero attached hydrogens (tertiary/aromatic N) is 3. The second-order valence-corrected chi connectivity index (χ2v) is 3.74. The smallest absolute Gasteiger partial charge is 0.253 e. The Bertz CT molecular complexity index is 507. The average Bonchev–Trinajstić information content (AvgIpc) is 2.92. The van der Waals surface area contributed by atoms with E-state index in [-0.39, 0.29) is 5.91 Å². The minimum absolute atomic E-state index is 0.199. The normalized spacial score (nSPS) is 12.1. The van der Waals surface area contributed by atoms with E-state index in [4.69, 9.17) is 4.74 Å². The van der Waals surface area contributed by atoms with Crippen LogP contribution in [-0.4, -0.2) is 33.7 Å². The summed E-state index contributed by atoms with van der Waals surface area (Å²) in [5.41, 5.74) is 0.632. The van der Waals surface area contributed by atoms with E-state index < -0.39 is 6.10 Å². The number of anilines is 1. The molecule has 18 heavy (non-hydrogen) atoms. The van der Waals surface area contributed by atoms with E-state index in [1.165, 1.54) is 7.11 Å². The van der Waals surface area contributed by atoms with Crippen molar-refractivity contribution in [3.8, 4) is 5.82 Å². The highest BCUT2D eigenvalue weighted by atomic mass is 16.5. The number of aromatic nitrogens is 3. The molecule has 0 aliphatic carbocycles. The van der Waals surface area contributed by atoms with Crippen molar-refractivity contribution in [3.05, 3.63) is 37.1 Å². The monoisotopic (exact) mass is 246 g/mol. The number of hydrogen-bond acceptors (Lipinski definition) is 4. The standard InChI is InChI=1S/C12H14N4O2/c1-9(18-2)12(17)15-10-3-4-11(14-7-10)16-6-5-13-8-16/h3-9H,1-2H3,(H,15,17). The van der Waals surface area contributed by atoms with E-state index in [9.17, 15) is 4.79 Å². The van der Waals surface area contributed by atoms with Crippen LogP contribution in [0.25, 0.3) is 5.82 Å². The van der Waals surface area contributed by atoms with Gasteiger partial charge < -0.3 is 10.1 Å². The van der Waals surface area contributed by atoms with Gasteiger partial charge in [-0.05, 0) is 19.1 Å². The summed E-state index contributed by atoms with van der Waals surface area (Å²) in [6, 6.07) is 3.58.